The molecule has 16 heavy (non-hydrogen) atoms. The van der Waals surface area contributed by atoms with Crippen molar-refractivity contribution in [2.24, 2.45) is 5.92 Å². The van der Waals surface area contributed by atoms with Crippen LogP contribution in [0.2, 0.25) is 0 Å². The summed E-state index contributed by atoms with van der Waals surface area (Å²) in [5, 5.41) is 8.79. The second-order valence-corrected chi connectivity index (χ2v) is 4.25. The first-order chi connectivity index (χ1) is 7.49. The van der Waals surface area contributed by atoms with Gasteiger partial charge in [-0.25, -0.2) is 0 Å². The van der Waals surface area contributed by atoms with E-state index >= 15 is 0 Å². The fourth-order valence-electron chi connectivity index (χ4n) is 1.42. The highest BCUT2D eigenvalue weighted by atomic mass is 16.5. The number of ether oxygens (including phenoxy) is 1. The molecule has 0 bridgehead atoms. The molecule has 3 heteroatoms. The summed E-state index contributed by atoms with van der Waals surface area (Å²) in [7, 11) is 0. The predicted molar refractivity (Wildman–Crippen MR) is 62.7 cm³/mol. The summed E-state index contributed by atoms with van der Waals surface area (Å²) >= 11 is 0. The van der Waals surface area contributed by atoms with Crippen molar-refractivity contribution >= 4 is 5.97 Å². The first-order valence-corrected chi connectivity index (χ1v) is 5.47. The summed E-state index contributed by atoms with van der Waals surface area (Å²) in [5.74, 6) is -0.291. The van der Waals surface area contributed by atoms with Gasteiger partial charge in [0.2, 0.25) is 0 Å². The minimum absolute atomic E-state index is 0.156. The highest BCUT2D eigenvalue weighted by Gasteiger charge is 2.11. The van der Waals surface area contributed by atoms with Crippen LogP contribution in [0.4, 0.5) is 0 Å². The van der Waals surface area contributed by atoms with E-state index in [1.54, 1.807) is 6.92 Å². The molecule has 88 valence electrons. The maximum absolute atomic E-state index is 10.7. The lowest BCUT2D eigenvalue weighted by Gasteiger charge is -2.11. The summed E-state index contributed by atoms with van der Waals surface area (Å²) in [6.45, 7) is 5.65. The molecule has 0 aliphatic heterocycles. The molecule has 1 N–H and O–H groups in total. The minimum Gasteiger partial charge on any atom is -0.491 e. The second kappa shape index (κ2) is 5.54. The van der Waals surface area contributed by atoms with Crippen molar-refractivity contribution in [1.82, 2.24) is 0 Å². The Kier molecular flexibility index (Phi) is 4.35. The fraction of sp³-hybridized carbons (Fsp3) is 0.462. The van der Waals surface area contributed by atoms with Crippen LogP contribution in [0.3, 0.4) is 0 Å². The molecule has 0 aliphatic rings. The molecule has 0 radical (unpaired) electrons. The Bertz CT molecular complexity index is 341. The van der Waals surface area contributed by atoms with Crippen LogP contribution in [0, 0.1) is 5.92 Å². The van der Waals surface area contributed by atoms with E-state index in [0.717, 1.165) is 11.3 Å². The van der Waals surface area contributed by atoms with E-state index in [1.807, 2.05) is 38.1 Å². The summed E-state index contributed by atoms with van der Waals surface area (Å²) in [5.41, 5.74) is 1.02. The highest BCUT2D eigenvalue weighted by Crippen LogP contribution is 2.16. The van der Waals surface area contributed by atoms with Crippen LogP contribution in [0.15, 0.2) is 24.3 Å². The van der Waals surface area contributed by atoms with E-state index in [2.05, 4.69) is 0 Å². The Morgan fingerprint density at radius 2 is 1.81 bits per heavy atom. The number of carboxylic acid groups (broad SMARTS) is 1. The third-order valence-electron chi connectivity index (χ3n) is 2.26. The number of rotatable bonds is 5. The molecule has 0 fully saturated rings. The van der Waals surface area contributed by atoms with E-state index < -0.39 is 5.97 Å². The largest absolute Gasteiger partial charge is 0.491 e. The zero-order chi connectivity index (χ0) is 12.1. The predicted octanol–water partition coefficient (Wildman–Crippen LogP) is 2.74. The molecule has 1 rings (SSSR count). The van der Waals surface area contributed by atoms with Crippen LogP contribution in [0.5, 0.6) is 5.75 Å². The van der Waals surface area contributed by atoms with Gasteiger partial charge in [0.15, 0.2) is 0 Å². The molecule has 0 spiro atoms. The van der Waals surface area contributed by atoms with Gasteiger partial charge in [-0.15, -0.1) is 0 Å². The van der Waals surface area contributed by atoms with Gasteiger partial charge in [-0.05, 0) is 38.0 Å². The number of benzene rings is 1. The molecular weight excluding hydrogens is 204 g/mol. The topological polar surface area (TPSA) is 46.5 Å². The first kappa shape index (κ1) is 12.6. The van der Waals surface area contributed by atoms with Gasteiger partial charge in [0.05, 0.1) is 12.0 Å². The molecule has 1 aromatic rings. The Morgan fingerprint density at radius 1 is 1.25 bits per heavy atom. The number of carbonyl (C=O) groups is 1. The molecule has 0 saturated heterocycles. The van der Waals surface area contributed by atoms with Crippen LogP contribution in [0.1, 0.15) is 26.3 Å². The van der Waals surface area contributed by atoms with E-state index in [0.29, 0.717) is 6.42 Å². The van der Waals surface area contributed by atoms with Gasteiger partial charge in [0, 0.05) is 0 Å². The molecule has 0 saturated carbocycles. The molecule has 1 aromatic carbocycles. The maximum atomic E-state index is 10.7. The van der Waals surface area contributed by atoms with Crippen molar-refractivity contribution < 1.29 is 14.6 Å². The zero-order valence-corrected chi connectivity index (χ0v) is 9.93. The van der Waals surface area contributed by atoms with Crippen molar-refractivity contribution in [3.05, 3.63) is 29.8 Å². The smallest absolute Gasteiger partial charge is 0.306 e. The van der Waals surface area contributed by atoms with Gasteiger partial charge < -0.3 is 9.84 Å². The third-order valence-corrected chi connectivity index (χ3v) is 2.26. The van der Waals surface area contributed by atoms with Gasteiger partial charge in [-0.1, -0.05) is 19.1 Å². The summed E-state index contributed by atoms with van der Waals surface area (Å²) in [4.78, 5) is 10.7. The van der Waals surface area contributed by atoms with Crippen molar-refractivity contribution in [3.63, 3.8) is 0 Å². The summed E-state index contributed by atoms with van der Waals surface area (Å²) < 4.78 is 5.51. The van der Waals surface area contributed by atoms with Crippen molar-refractivity contribution in [3.8, 4) is 5.75 Å². The van der Waals surface area contributed by atoms with E-state index in [1.165, 1.54) is 0 Å². The number of hydrogen-bond acceptors (Lipinski definition) is 2. The van der Waals surface area contributed by atoms with Crippen molar-refractivity contribution in [2.75, 3.05) is 0 Å². The van der Waals surface area contributed by atoms with Gasteiger partial charge in [-0.2, -0.15) is 0 Å². The van der Waals surface area contributed by atoms with Gasteiger partial charge >= 0.3 is 5.97 Å². The molecule has 3 nitrogen and oxygen atoms in total. The van der Waals surface area contributed by atoms with Gasteiger partial charge in [0.1, 0.15) is 5.75 Å². The lowest BCUT2D eigenvalue weighted by Crippen LogP contribution is -2.12. The van der Waals surface area contributed by atoms with Crippen molar-refractivity contribution in [2.45, 2.75) is 33.3 Å². The minimum atomic E-state index is -0.762. The van der Waals surface area contributed by atoms with Gasteiger partial charge in [0.25, 0.3) is 0 Å². The second-order valence-electron chi connectivity index (χ2n) is 4.25. The number of hydrogen-bond donors (Lipinski definition) is 1. The SMILES string of the molecule is CC(C)Oc1ccc(CC(C)C(=O)O)cc1. The molecule has 0 aliphatic carbocycles. The monoisotopic (exact) mass is 222 g/mol. The van der Waals surface area contributed by atoms with Crippen LogP contribution in [0.25, 0.3) is 0 Å². The Hall–Kier alpha value is -1.51. The molecule has 0 amide bonds. The maximum Gasteiger partial charge on any atom is 0.306 e. The lowest BCUT2D eigenvalue weighted by molar-refractivity contribution is -0.141. The standard InChI is InChI=1S/C13H18O3/c1-9(2)16-12-6-4-11(5-7-12)8-10(3)13(14)15/h4-7,9-10H,8H2,1-3H3,(H,14,15). The Labute approximate surface area is 96.1 Å². The van der Waals surface area contributed by atoms with E-state index in [9.17, 15) is 4.79 Å². The van der Waals surface area contributed by atoms with Crippen LogP contribution < -0.4 is 4.74 Å². The molecule has 1 atom stereocenters. The van der Waals surface area contributed by atoms with E-state index in [4.69, 9.17) is 9.84 Å². The van der Waals surface area contributed by atoms with Gasteiger partial charge in [-0.3, -0.25) is 4.79 Å². The summed E-state index contributed by atoms with van der Waals surface area (Å²) in [6.07, 6.45) is 0.709. The number of aliphatic carboxylic acids is 1. The quantitative estimate of drug-likeness (QED) is 0.833. The molecule has 0 aromatic heterocycles. The highest BCUT2D eigenvalue weighted by molar-refractivity contribution is 5.69. The van der Waals surface area contributed by atoms with Crippen molar-refractivity contribution in [1.29, 1.82) is 0 Å². The molecule has 1 unspecified atom stereocenters. The summed E-state index contributed by atoms with van der Waals surface area (Å²) in [6, 6.07) is 7.59. The zero-order valence-electron chi connectivity index (χ0n) is 9.93. The third kappa shape index (κ3) is 3.93. The van der Waals surface area contributed by atoms with Crippen LogP contribution in [-0.4, -0.2) is 17.2 Å². The van der Waals surface area contributed by atoms with E-state index in [-0.39, 0.29) is 12.0 Å². The Balaban J connectivity index is 2.61. The van der Waals surface area contributed by atoms with Crippen LogP contribution >= 0.6 is 0 Å². The normalized spacial score (nSPS) is 12.5. The Morgan fingerprint density at radius 3 is 2.25 bits per heavy atom. The number of carboxylic acids is 1. The molecule has 0 heterocycles. The first-order valence-electron chi connectivity index (χ1n) is 5.47. The average Bonchev–Trinajstić information content (AvgIpc) is 2.20. The lowest BCUT2D eigenvalue weighted by atomic mass is 10.0. The molecular formula is C13H18O3. The van der Waals surface area contributed by atoms with Crippen LogP contribution in [-0.2, 0) is 11.2 Å². The fourth-order valence-corrected chi connectivity index (χ4v) is 1.42. The average molecular weight is 222 g/mol.